The number of ketones is 2. The van der Waals surface area contributed by atoms with Gasteiger partial charge in [0, 0.05) is 25.2 Å². The van der Waals surface area contributed by atoms with Crippen LogP contribution >= 0.6 is 0 Å². The molecule has 0 aliphatic heterocycles. The minimum Gasteiger partial charge on any atom is -0.481 e. The molecule has 22 heavy (non-hydrogen) atoms. The Labute approximate surface area is 132 Å². The summed E-state index contributed by atoms with van der Waals surface area (Å²) in [5.74, 6) is -0.239. The summed E-state index contributed by atoms with van der Waals surface area (Å²) in [5.41, 5.74) is 0. The van der Waals surface area contributed by atoms with Gasteiger partial charge in [-0.2, -0.15) is 0 Å². The van der Waals surface area contributed by atoms with E-state index >= 15 is 0 Å². The number of rotatable bonds is 10. The lowest BCUT2D eigenvalue weighted by atomic mass is 9.91. The molecule has 1 aliphatic carbocycles. The van der Waals surface area contributed by atoms with E-state index in [2.05, 4.69) is 0 Å². The Morgan fingerprint density at radius 2 is 2.05 bits per heavy atom. The molecule has 1 aliphatic rings. The molecule has 0 aromatic heterocycles. The number of hydrogen-bond donors (Lipinski definition) is 1. The number of carbonyl (C=O) groups excluding carboxylic acids is 2. The summed E-state index contributed by atoms with van der Waals surface area (Å²) in [6, 6.07) is 0. The van der Waals surface area contributed by atoms with Gasteiger partial charge in [-0.25, -0.2) is 0 Å². The van der Waals surface area contributed by atoms with Crippen LogP contribution in [0.3, 0.4) is 0 Å². The SMILES string of the molecule is CCCC(=O)C=CC1CCC(=O)C1CC=CCCCC(=O)O. The predicted molar refractivity (Wildman–Crippen MR) is 85.5 cm³/mol. The smallest absolute Gasteiger partial charge is 0.303 e. The molecule has 1 rings (SSSR count). The zero-order valence-electron chi connectivity index (χ0n) is 13.3. The van der Waals surface area contributed by atoms with Gasteiger partial charge in [0.15, 0.2) is 5.78 Å². The Bertz CT molecular complexity index is 448. The highest BCUT2D eigenvalue weighted by Gasteiger charge is 2.31. The molecule has 4 nitrogen and oxygen atoms in total. The van der Waals surface area contributed by atoms with Gasteiger partial charge in [0.2, 0.25) is 0 Å². The van der Waals surface area contributed by atoms with Crippen LogP contribution in [0.25, 0.3) is 0 Å². The summed E-state index contributed by atoms with van der Waals surface area (Å²) < 4.78 is 0. The second-order valence-corrected chi connectivity index (χ2v) is 5.84. The molecule has 0 amide bonds. The van der Waals surface area contributed by atoms with Crippen LogP contribution < -0.4 is 0 Å². The molecule has 0 saturated heterocycles. The highest BCUT2D eigenvalue weighted by Crippen LogP contribution is 2.32. The number of aliphatic carboxylic acids is 1. The second-order valence-electron chi connectivity index (χ2n) is 5.84. The van der Waals surface area contributed by atoms with E-state index in [0.717, 1.165) is 19.3 Å². The maximum atomic E-state index is 11.9. The quantitative estimate of drug-likeness (QED) is 0.379. The molecule has 0 aromatic rings. The molecule has 0 radical (unpaired) electrons. The first kappa shape index (κ1) is 18.3. The molecule has 1 saturated carbocycles. The standard InChI is InChI=1S/C18H26O4/c1-2-7-15(19)12-10-14-11-13-17(20)16(14)8-5-3-4-6-9-18(21)22/h3,5,10,12,14,16H,2,4,6-9,11,13H2,1H3,(H,21,22). The first-order valence-electron chi connectivity index (χ1n) is 8.15. The van der Waals surface area contributed by atoms with Crippen LogP contribution in [0.4, 0.5) is 0 Å². The fourth-order valence-electron chi connectivity index (χ4n) is 2.76. The Morgan fingerprint density at radius 3 is 2.73 bits per heavy atom. The molecule has 0 spiro atoms. The third-order valence-electron chi connectivity index (χ3n) is 4.00. The molecule has 122 valence electrons. The van der Waals surface area contributed by atoms with Crippen LogP contribution in [0, 0.1) is 11.8 Å². The maximum Gasteiger partial charge on any atom is 0.303 e. The van der Waals surface area contributed by atoms with Crippen molar-refractivity contribution < 1.29 is 19.5 Å². The number of unbranched alkanes of at least 4 members (excludes halogenated alkanes) is 1. The minimum absolute atomic E-state index is 0.0265. The van der Waals surface area contributed by atoms with Crippen molar-refractivity contribution in [1.82, 2.24) is 0 Å². The Morgan fingerprint density at radius 1 is 1.27 bits per heavy atom. The number of allylic oxidation sites excluding steroid dienone is 4. The average Bonchev–Trinajstić information content (AvgIpc) is 2.81. The van der Waals surface area contributed by atoms with Crippen LogP contribution in [-0.2, 0) is 14.4 Å². The van der Waals surface area contributed by atoms with Crippen LogP contribution in [-0.4, -0.2) is 22.6 Å². The van der Waals surface area contributed by atoms with E-state index in [1.165, 1.54) is 0 Å². The zero-order chi connectivity index (χ0) is 16.4. The van der Waals surface area contributed by atoms with Crippen molar-refractivity contribution >= 4 is 17.5 Å². The van der Waals surface area contributed by atoms with E-state index in [0.29, 0.717) is 25.7 Å². The van der Waals surface area contributed by atoms with Crippen molar-refractivity contribution in [3.8, 4) is 0 Å². The van der Waals surface area contributed by atoms with Crippen molar-refractivity contribution in [2.75, 3.05) is 0 Å². The minimum atomic E-state index is -0.777. The first-order valence-corrected chi connectivity index (χ1v) is 8.15. The average molecular weight is 306 g/mol. The molecule has 1 N–H and O–H groups in total. The van der Waals surface area contributed by atoms with Crippen molar-refractivity contribution in [2.24, 2.45) is 11.8 Å². The molecule has 2 atom stereocenters. The number of carboxylic acid groups (broad SMARTS) is 1. The van der Waals surface area contributed by atoms with Crippen LogP contribution in [0.1, 0.15) is 58.3 Å². The Hall–Kier alpha value is -1.71. The molecule has 4 heteroatoms. The number of carboxylic acids is 1. The normalized spacial score (nSPS) is 22.0. The van der Waals surface area contributed by atoms with Gasteiger partial charge in [-0.3, -0.25) is 14.4 Å². The van der Waals surface area contributed by atoms with Gasteiger partial charge < -0.3 is 5.11 Å². The van der Waals surface area contributed by atoms with Gasteiger partial charge in [0.25, 0.3) is 0 Å². The summed E-state index contributed by atoms with van der Waals surface area (Å²) >= 11 is 0. The summed E-state index contributed by atoms with van der Waals surface area (Å²) in [6.07, 6.45) is 12.5. The topological polar surface area (TPSA) is 71.4 Å². The van der Waals surface area contributed by atoms with E-state index in [-0.39, 0.29) is 29.8 Å². The molecular formula is C18H26O4. The second kappa shape index (κ2) is 10.1. The highest BCUT2D eigenvalue weighted by atomic mass is 16.4. The molecule has 1 fully saturated rings. The molecular weight excluding hydrogens is 280 g/mol. The zero-order valence-corrected chi connectivity index (χ0v) is 13.3. The van der Waals surface area contributed by atoms with Gasteiger partial charge in [-0.05, 0) is 44.1 Å². The Kier molecular flexibility index (Phi) is 8.41. The van der Waals surface area contributed by atoms with E-state index < -0.39 is 5.97 Å². The van der Waals surface area contributed by atoms with Gasteiger partial charge >= 0.3 is 5.97 Å². The van der Waals surface area contributed by atoms with Crippen molar-refractivity contribution in [3.05, 3.63) is 24.3 Å². The highest BCUT2D eigenvalue weighted by molar-refractivity contribution is 5.90. The number of carbonyl (C=O) groups is 3. The monoisotopic (exact) mass is 306 g/mol. The molecule has 0 aromatic carbocycles. The lowest BCUT2D eigenvalue weighted by Crippen LogP contribution is -2.12. The summed E-state index contributed by atoms with van der Waals surface area (Å²) in [4.78, 5) is 33.9. The van der Waals surface area contributed by atoms with E-state index in [1.807, 2.05) is 25.2 Å². The summed E-state index contributed by atoms with van der Waals surface area (Å²) in [5, 5.41) is 8.55. The largest absolute Gasteiger partial charge is 0.481 e. The van der Waals surface area contributed by atoms with Crippen molar-refractivity contribution in [1.29, 1.82) is 0 Å². The van der Waals surface area contributed by atoms with Crippen molar-refractivity contribution in [2.45, 2.75) is 58.3 Å². The maximum absolute atomic E-state index is 11.9. The Balaban J connectivity index is 2.41. The number of hydrogen-bond acceptors (Lipinski definition) is 3. The van der Waals surface area contributed by atoms with Gasteiger partial charge in [-0.1, -0.05) is 25.2 Å². The van der Waals surface area contributed by atoms with E-state index in [9.17, 15) is 14.4 Å². The van der Waals surface area contributed by atoms with Crippen molar-refractivity contribution in [3.63, 3.8) is 0 Å². The van der Waals surface area contributed by atoms with E-state index in [1.54, 1.807) is 6.08 Å². The number of Topliss-reactive ketones (excluding diaryl/α,β-unsaturated/α-hetero) is 1. The first-order chi connectivity index (χ1) is 10.5. The predicted octanol–water partition coefficient (Wildman–Crippen LogP) is 3.71. The van der Waals surface area contributed by atoms with Crippen LogP contribution in [0.5, 0.6) is 0 Å². The lowest BCUT2D eigenvalue weighted by Gasteiger charge is -2.12. The summed E-state index contributed by atoms with van der Waals surface area (Å²) in [6.45, 7) is 1.97. The fourth-order valence-corrected chi connectivity index (χ4v) is 2.76. The third-order valence-corrected chi connectivity index (χ3v) is 4.00. The molecule has 0 heterocycles. The fraction of sp³-hybridized carbons (Fsp3) is 0.611. The lowest BCUT2D eigenvalue weighted by molar-refractivity contribution is -0.137. The van der Waals surface area contributed by atoms with Gasteiger partial charge in [-0.15, -0.1) is 0 Å². The van der Waals surface area contributed by atoms with E-state index in [4.69, 9.17) is 5.11 Å². The van der Waals surface area contributed by atoms with Gasteiger partial charge in [0.1, 0.15) is 5.78 Å². The molecule has 0 bridgehead atoms. The third kappa shape index (κ3) is 6.83. The molecule has 2 unspecified atom stereocenters. The van der Waals surface area contributed by atoms with Crippen LogP contribution in [0.15, 0.2) is 24.3 Å². The summed E-state index contributed by atoms with van der Waals surface area (Å²) in [7, 11) is 0. The van der Waals surface area contributed by atoms with Gasteiger partial charge in [0.05, 0.1) is 0 Å². The van der Waals surface area contributed by atoms with Crippen LogP contribution in [0.2, 0.25) is 0 Å².